The Hall–Kier alpha value is -1.95. The number of carbonyl (C=O) groups excluding carboxylic acids is 2. The Balaban J connectivity index is 2.02. The van der Waals surface area contributed by atoms with Crippen molar-refractivity contribution in [2.45, 2.75) is 5.44 Å². The van der Waals surface area contributed by atoms with E-state index in [9.17, 15) is 9.59 Å². The predicted octanol–water partition coefficient (Wildman–Crippen LogP) is 1.67. The molecule has 2 aliphatic rings. The molecule has 0 aromatic heterocycles. The van der Waals surface area contributed by atoms with Gasteiger partial charge in [0.1, 0.15) is 0 Å². The number of fused-ring (bicyclic) bond motifs is 1. The van der Waals surface area contributed by atoms with Gasteiger partial charge < -0.3 is 4.74 Å². The maximum atomic E-state index is 11.9. The molecule has 1 unspecified atom stereocenters. The quantitative estimate of drug-likeness (QED) is 0.782. The van der Waals surface area contributed by atoms with E-state index in [1.807, 2.05) is 36.4 Å². The predicted molar refractivity (Wildman–Crippen MR) is 68.9 cm³/mol. The molecule has 0 aliphatic carbocycles. The molecular weight excluding hydrogens is 252 g/mol. The highest BCUT2D eigenvalue weighted by atomic mass is 32.1. The molecule has 5 nitrogen and oxygen atoms in total. The van der Waals surface area contributed by atoms with E-state index < -0.39 is 17.4 Å². The van der Waals surface area contributed by atoms with Crippen LogP contribution in [0.2, 0.25) is 0 Å². The Labute approximate surface area is 109 Å². The van der Waals surface area contributed by atoms with Crippen LogP contribution < -0.4 is 5.01 Å². The molecule has 1 atom stereocenters. The maximum absolute atomic E-state index is 11.9. The normalized spacial score (nSPS) is 22.2. The van der Waals surface area contributed by atoms with E-state index in [4.69, 9.17) is 4.74 Å². The van der Waals surface area contributed by atoms with E-state index in [0.29, 0.717) is 6.54 Å². The summed E-state index contributed by atoms with van der Waals surface area (Å²) < 4.78 is 4.79. The first kappa shape index (κ1) is 11.2. The number of benzene rings is 1. The third kappa shape index (κ3) is 1.57. The van der Waals surface area contributed by atoms with Crippen LogP contribution in [0.25, 0.3) is 6.08 Å². The molecule has 6 heteroatoms. The highest BCUT2D eigenvalue weighted by Gasteiger charge is 2.43. The van der Waals surface area contributed by atoms with Gasteiger partial charge in [0, 0.05) is 0 Å². The van der Waals surface area contributed by atoms with Crippen LogP contribution >= 0.6 is 12.6 Å². The summed E-state index contributed by atoms with van der Waals surface area (Å²) in [5, 5.41) is 2.59. The van der Waals surface area contributed by atoms with Gasteiger partial charge in [-0.15, -0.1) is 17.6 Å². The van der Waals surface area contributed by atoms with Crippen LogP contribution in [0.3, 0.4) is 0 Å². The third-order valence-electron chi connectivity index (χ3n) is 2.84. The Kier molecular flexibility index (Phi) is 2.52. The number of imide groups is 1. The van der Waals surface area contributed by atoms with Gasteiger partial charge in [0.15, 0.2) is 0 Å². The van der Waals surface area contributed by atoms with Crippen LogP contribution in [0.5, 0.6) is 0 Å². The van der Waals surface area contributed by atoms with Crippen LogP contribution in [0.4, 0.5) is 10.5 Å². The molecule has 0 radical (unpaired) electrons. The van der Waals surface area contributed by atoms with Crippen molar-refractivity contribution in [1.29, 1.82) is 0 Å². The van der Waals surface area contributed by atoms with Crippen molar-refractivity contribution >= 4 is 36.4 Å². The summed E-state index contributed by atoms with van der Waals surface area (Å²) in [4.78, 5) is 23.5. The molecule has 18 heavy (non-hydrogen) atoms. The van der Waals surface area contributed by atoms with Gasteiger partial charge >= 0.3 is 12.0 Å². The molecule has 0 N–H and O–H groups in total. The Bertz CT molecular complexity index is 558. The van der Waals surface area contributed by atoms with Crippen LogP contribution in [-0.2, 0) is 9.53 Å². The molecule has 1 saturated heterocycles. The maximum Gasteiger partial charge on any atom is 0.437 e. The van der Waals surface area contributed by atoms with Gasteiger partial charge in [-0.05, 0) is 11.6 Å². The fourth-order valence-electron chi connectivity index (χ4n) is 2.04. The molecule has 0 bridgehead atoms. The minimum Gasteiger partial charge on any atom is -0.423 e. The van der Waals surface area contributed by atoms with Gasteiger partial charge in [0.05, 0.1) is 12.2 Å². The first-order valence-electron chi connectivity index (χ1n) is 5.44. The van der Waals surface area contributed by atoms with Crippen LogP contribution in [0, 0.1) is 0 Å². The number of carbonyl (C=O) groups is 2. The molecular formula is C12H10N2O3S. The van der Waals surface area contributed by atoms with Gasteiger partial charge in [-0.25, -0.2) is 4.79 Å². The zero-order valence-electron chi connectivity index (χ0n) is 9.31. The van der Waals surface area contributed by atoms with Crippen molar-refractivity contribution in [2.75, 3.05) is 11.6 Å². The number of para-hydroxylation sites is 1. The number of anilines is 1. The average Bonchev–Trinajstić information content (AvgIpc) is 2.63. The van der Waals surface area contributed by atoms with Crippen LogP contribution in [0.15, 0.2) is 30.3 Å². The zero-order chi connectivity index (χ0) is 12.7. The van der Waals surface area contributed by atoms with Crippen molar-refractivity contribution in [3.05, 3.63) is 35.9 Å². The van der Waals surface area contributed by atoms with Crippen molar-refractivity contribution in [3.8, 4) is 0 Å². The second-order valence-electron chi connectivity index (χ2n) is 3.93. The number of ether oxygens (including phenoxy) is 1. The fourth-order valence-corrected chi connectivity index (χ4v) is 2.24. The Morgan fingerprint density at radius 3 is 2.78 bits per heavy atom. The van der Waals surface area contributed by atoms with E-state index in [2.05, 4.69) is 12.6 Å². The topological polar surface area (TPSA) is 49.9 Å². The van der Waals surface area contributed by atoms with Gasteiger partial charge in [0.25, 0.3) is 0 Å². The summed E-state index contributed by atoms with van der Waals surface area (Å²) in [5.74, 6) is -0.464. The van der Waals surface area contributed by atoms with Crippen molar-refractivity contribution in [3.63, 3.8) is 0 Å². The van der Waals surface area contributed by atoms with E-state index in [1.54, 1.807) is 5.01 Å². The highest BCUT2D eigenvalue weighted by molar-refractivity contribution is 7.81. The zero-order valence-corrected chi connectivity index (χ0v) is 10.2. The van der Waals surface area contributed by atoms with Crippen molar-refractivity contribution < 1.29 is 14.3 Å². The number of hydrogen-bond acceptors (Lipinski definition) is 5. The summed E-state index contributed by atoms with van der Waals surface area (Å²) in [6.45, 7) is 0.443. The summed E-state index contributed by atoms with van der Waals surface area (Å²) in [6.07, 6.45) is 3.15. The molecule has 2 amide bonds. The average molecular weight is 262 g/mol. The minimum atomic E-state index is -1.02. The molecule has 2 heterocycles. The summed E-state index contributed by atoms with van der Waals surface area (Å²) in [7, 11) is 0. The van der Waals surface area contributed by atoms with Crippen LogP contribution in [0.1, 0.15) is 5.56 Å². The Morgan fingerprint density at radius 1 is 1.28 bits per heavy atom. The number of rotatable bonds is 1. The van der Waals surface area contributed by atoms with E-state index in [-0.39, 0.29) is 0 Å². The van der Waals surface area contributed by atoms with Crippen molar-refractivity contribution in [2.24, 2.45) is 0 Å². The van der Waals surface area contributed by atoms with E-state index in [1.165, 1.54) is 0 Å². The number of nitrogens with zero attached hydrogens (tertiary/aromatic N) is 2. The lowest BCUT2D eigenvalue weighted by Gasteiger charge is -2.32. The molecule has 0 spiro atoms. The summed E-state index contributed by atoms with van der Waals surface area (Å²) >= 11 is 3.92. The van der Waals surface area contributed by atoms with Crippen LogP contribution in [-0.4, -0.2) is 29.0 Å². The second-order valence-corrected chi connectivity index (χ2v) is 4.40. The smallest absolute Gasteiger partial charge is 0.423 e. The van der Waals surface area contributed by atoms with Gasteiger partial charge in [-0.1, -0.05) is 30.4 Å². The molecule has 2 aliphatic heterocycles. The van der Waals surface area contributed by atoms with Gasteiger partial charge in [-0.3, -0.25) is 9.80 Å². The molecule has 3 rings (SSSR count). The SMILES string of the molecule is O=C1OC(S)C(=O)N1N1CC=Cc2ccccc21. The monoisotopic (exact) mass is 262 g/mol. The number of amides is 2. The molecule has 1 aromatic rings. The highest BCUT2D eigenvalue weighted by Crippen LogP contribution is 2.30. The summed E-state index contributed by atoms with van der Waals surface area (Å²) in [6, 6.07) is 7.53. The van der Waals surface area contributed by atoms with Gasteiger partial charge in [-0.2, -0.15) is 0 Å². The molecule has 1 fully saturated rings. The standard InChI is InChI=1S/C12H10N2O3S/c15-10-11(18)17-12(16)14(10)13-7-3-5-8-4-1-2-6-9(8)13/h1-6,11,18H,7H2. The number of cyclic esters (lactones) is 1. The van der Waals surface area contributed by atoms with Crippen molar-refractivity contribution in [1.82, 2.24) is 5.01 Å². The minimum absolute atomic E-state index is 0.443. The second kappa shape index (κ2) is 4.06. The lowest BCUT2D eigenvalue weighted by Crippen LogP contribution is -2.47. The first-order chi connectivity index (χ1) is 8.68. The first-order valence-corrected chi connectivity index (χ1v) is 5.96. The Morgan fingerprint density at radius 2 is 2.06 bits per heavy atom. The van der Waals surface area contributed by atoms with Gasteiger partial charge in [0.2, 0.25) is 5.44 Å². The molecule has 0 saturated carbocycles. The number of thiol groups is 1. The molecule has 1 aromatic carbocycles. The molecule has 92 valence electrons. The lowest BCUT2D eigenvalue weighted by molar-refractivity contribution is -0.127. The number of hydrogen-bond donors (Lipinski definition) is 1. The fraction of sp³-hybridized carbons (Fsp3) is 0.167. The largest absolute Gasteiger partial charge is 0.437 e. The lowest BCUT2D eigenvalue weighted by atomic mass is 10.1. The van der Waals surface area contributed by atoms with E-state index in [0.717, 1.165) is 16.3 Å². The number of hydrazine groups is 1. The summed E-state index contributed by atoms with van der Waals surface area (Å²) in [5.41, 5.74) is 0.732. The third-order valence-corrected chi connectivity index (χ3v) is 3.16. The van der Waals surface area contributed by atoms with E-state index >= 15 is 0 Å².